The summed E-state index contributed by atoms with van der Waals surface area (Å²) in [5, 5.41) is 18.0. The molecule has 12 heteroatoms. The third-order valence-corrected chi connectivity index (χ3v) is 4.80. The number of primary amides is 1. The van der Waals surface area contributed by atoms with Crippen molar-refractivity contribution in [2.24, 2.45) is 5.73 Å². The molecule has 5 N–H and O–H groups in total. The van der Waals surface area contributed by atoms with E-state index in [-0.39, 0.29) is 24.6 Å². The number of aromatic nitrogens is 4. The normalized spacial score (nSPS) is 11.1. The van der Waals surface area contributed by atoms with Crippen molar-refractivity contribution < 1.29 is 24.2 Å². The lowest BCUT2D eigenvalue weighted by Gasteiger charge is -2.11. The van der Waals surface area contributed by atoms with E-state index < -0.39 is 17.9 Å². The molecule has 0 saturated heterocycles. The van der Waals surface area contributed by atoms with Gasteiger partial charge in [0.1, 0.15) is 17.0 Å². The van der Waals surface area contributed by atoms with E-state index in [9.17, 15) is 14.4 Å². The van der Waals surface area contributed by atoms with E-state index in [0.717, 1.165) is 0 Å². The van der Waals surface area contributed by atoms with E-state index in [1.165, 1.54) is 19.2 Å². The molecule has 0 fully saturated rings. The summed E-state index contributed by atoms with van der Waals surface area (Å²) in [7, 11) is 1.45. The van der Waals surface area contributed by atoms with Crippen LogP contribution in [0.4, 0.5) is 10.7 Å². The van der Waals surface area contributed by atoms with Crippen molar-refractivity contribution in [3.05, 3.63) is 47.3 Å². The number of nitrogens with one attached hydrogen (secondary N) is 2. The molecule has 1 aromatic carbocycles. The Morgan fingerprint density at radius 1 is 1.24 bits per heavy atom. The Morgan fingerprint density at radius 3 is 2.64 bits per heavy atom. The molecule has 3 rings (SSSR count). The molecule has 0 spiro atoms. The minimum Gasteiger partial charge on any atom is -0.494 e. The third-order valence-electron chi connectivity index (χ3n) is 4.80. The van der Waals surface area contributed by atoms with Gasteiger partial charge < -0.3 is 25.5 Å². The minimum absolute atomic E-state index is 0.113. The number of ether oxygens (including phenoxy) is 1. The number of aryl methyl sites for hydroxylation is 2. The molecule has 3 amide bonds. The second kappa shape index (κ2) is 9.85. The van der Waals surface area contributed by atoms with Crippen LogP contribution in [0.15, 0.2) is 30.4 Å². The number of imidazole rings is 1. The Hall–Kier alpha value is -4.35. The highest BCUT2D eigenvalue weighted by Gasteiger charge is 2.21. The molecule has 0 aliphatic rings. The van der Waals surface area contributed by atoms with Gasteiger partial charge in [-0.05, 0) is 32.0 Å². The summed E-state index contributed by atoms with van der Waals surface area (Å²) in [6.45, 7) is 4.55. The SMILES string of the molecule is CCn1nc(C)cc1C(=O)Nc1nc2cc(C(N)=O)cc(OC)c2n1CC=CCNC(=O)O. The van der Waals surface area contributed by atoms with E-state index in [0.29, 0.717) is 34.7 Å². The lowest BCUT2D eigenvalue weighted by atomic mass is 10.1. The Morgan fingerprint density at radius 2 is 2.00 bits per heavy atom. The number of allylic oxidation sites excluding steroid dienone is 1. The molecule has 0 atom stereocenters. The number of carbonyl (C=O) groups is 3. The van der Waals surface area contributed by atoms with Crippen molar-refractivity contribution in [2.45, 2.75) is 26.9 Å². The molecule has 174 valence electrons. The van der Waals surface area contributed by atoms with Gasteiger partial charge in [-0.3, -0.25) is 19.6 Å². The van der Waals surface area contributed by atoms with Gasteiger partial charge in [0, 0.05) is 25.2 Å². The highest BCUT2D eigenvalue weighted by molar-refractivity contribution is 6.04. The zero-order valence-electron chi connectivity index (χ0n) is 18.5. The minimum atomic E-state index is -1.14. The largest absolute Gasteiger partial charge is 0.494 e. The second-order valence-corrected chi connectivity index (χ2v) is 7.05. The first-order valence-corrected chi connectivity index (χ1v) is 10.1. The van der Waals surface area contributed by atoms with Gasteiger partial charge in [0.2, 0.25) is 11.9 Å². The molecule has 0 saturated carbocycles. The maximum Gasteiger partial charge on any atom is 0.404 e. The Kier molecular flexibility index (Phi) is 6.96. The first-order chi connectivity index (χ1) is 15.7. The van der Waals surface area contributed by atoms with Crippen LogP contribution in [-0.2, 0) is 13.1 Å². The van der Waals surface area contributed by atoms with Gasteiger partial charge in [-0.15, -0.1) is 0 Å². The summed E-state index contributed by atoms with van der Waals surface area (Å²) in [5.41, 5.74) is 7.65. The third kappa shape index (κ3) is 5.11. The Balaban J connectivity index is 2.04. The smallest absolute Gasteiger partial charge is 0.404 e. The number of amides is 3. The molecule has 2 heterocycles. The van der Waals surface area contributed by atoms with Crippen LogP contribution in [0.25, 0.3) is 11.0 Å². The first-order valence-electron chi connectivity index (χ1n) is 10.1. The number of anilines is 1. The lowest BCUT2D eigenvalue weighted by Crippen LogP contribution is -2.21. The van der Waals surface area contributed by atoms with E-state index in [4.69, 9.17) is 15.6 Å². The standard InChI is InChI=1S/C21H25N7O5/c1-4-28-15(9-12(2)26-28)19(30)25-20-24-14-10-13(18(22)29)11-16(33-3)17(14)27(20)8-6-5-7-23-21(31)32/h5-6,9-11,23H,4,7-8H2,1-3H3,(H2,22,29)(H,31,32)(H,24,25,30). The fourth-order valence-corrected chi connectivity index (χ4v) is 3.35. The number of carbonyl (C=O) groups excluding carboxylic acids is 2. The summed E-state index contributed by atoms with van der Waals surface area (Å²) in [4.78, 5) is 39.8. The van der Waals surface area contributed by atoms with Crippen molar-refractivity contribution in [3.63, 3.8) is 0 Å². The van der Waals surface area contributed by atoms with Crippen molar-refractivity contribution in [2.75, 3.05) is 19.0 Å². The lowest BCUT2D eigenvalue weighted by molar-refractivity contribution is 0.0995. The molecule has 2 aromatic heterocycles. The predicted octanol–water partition coefficient (Wildman–Crippen LogP) is 1.74. The van der Waals surface area contributed by atoms with Crippen LogP contribution in [-0.4, -0.2) is 56.0 Å². The van der Waals surface area contributed by atoms with Crippen LogP contribution in [0.1, 0.15) is 33.5 Å². The number of methoxy groups -OCH3 is 1. The van der Waals surface area contributed by atoms with Gasteiger partial charge in [0.05, 0.1) is 18.3 Å². The van der Waals surface area contributed by atoms with Gasteiger partial charge in [0.25, 0.3) is 5.91 Å². The van der Waals surface area contributed by atoms with Crippen molar-refractivity contribution in [3.8, 4) is 5.75 Å². The van der Waals surface area contributed by atoms with Crippen molar-refractivity contribution in [1.82, 2.24) is 24.6 Å². The summed E-state index contributed by atoms with van der Waals surface area (Å²) in [6.07, 6.45) is 2.21. The van der Waals surface area contributed by atoms with Gasteiger partial charge in [-0.2, -0.15) is 5.10 Å². The van der Waals surface area contributed by atoms with Crippen LogP contribution in [0.5, 0.6) is 5.75 Å². The van der Waals surface area contributed by atoms with E-state index >= 15 is 0 Å². The number of hydrogen-bond acceptors (Lipinski definition) is 6. The number of benzene rings is 1. The van der Waals surface area contributed by atoms with E-state index in [1.54, 1.807) is 34.4 Å². The highest BCUT2D eigenvalue weighted by Crippen LogP contribution is 2.31. The molecule has 33 heavy (non-hydrogen) atoms. The molecule has 12 nitrogen and oxygen atoms in total. The molecule has 0 aliphatic carbocycles. The average molecular weight is 455 g/mol. The van der Waals surface area contributed by atoms with Crippen LogP contribution >= 0.6 is 0 Å². The topological polar surface area (TPSA) is 166 Å². The zero-order valence-corrected chi connectivity index (χ0v) is 18.5. The summed E-state index contributed by atoms with van der Waals surface area (Å²) in [6, 6.07) is 4.69. The summed E-state index contributed by atoms with van der Waals surface area (Å²) in [5.74, 6) is -0.481. The number of carboxylic acid groups (broad SMARTS) is 1. The number of rotatable bonds is 9. The number of hydrogen-bond donors (Lipinski definition) is 4. The quantitative estimate of drug-likeness (QED) is 0.357. The highest BCUT2D eigenvalue weighted by atomic mass is 16.5. The molecule has 3 aromatic rings. The Bertz CT molecular complexity index is 1240. The van der Waals surface area contributed by atoms with Crippen LogP contribution < -0.4 is 21.1 Å². The van der Waals surface area contributed by atoms with Crippen LogP contribution in [0.3, 0.4) is 0 Å². The van der Waals surface area contributed by atoms with Crippen molar-refractivity contribution in [1.29, 1.82) is 0 Å². The zero-order chi connectivity index (χ0) is 24.1. The number of nitrogens with zero attached hydrogens (tertiary/aromatic N) is 4. The predicted molar refractivity (Wildman–Crippen MR) is 121 cm³/mol. The fraction of sp³-hybridized carbons (Fsp3) is 0.286. The fourth-order valence-electron chi connectivity index (χ4n) is 3.35. The van der Waals surface area contributed by atoms with Crippen molar-refractivity contribution >= 4 is 34.9 Å². The van der Waals surface area contributed by atoms with E-state index in [1.807, 2.05) is 6.92 Å². The molecular formula is C21H25N7O5. The van der Waals surface area contributed by atoms with E-state index in [2.05, 4.69) is 20.7 Å². The first kappa shape index (κ1) is 23.3. The molecule has 0 radical (unpaired) electrons. The second-order valence-electron chi connectivity index (χ2n) is 7.05. The van der Waals surface area contributed by atoms with Gasteiger partial charge in [0.15, 0.2) is 0 Å². The molecule has 0 bridgehead atoms. The van der Waals surface area contributed by atoms with Gasteiger partial charge >= 0.3 is 6.09 Å². The maximum atomic E-state index is 13.0. The van der Waals surface area contributed by atoms with Gasteiger partial charge in [-0.1, -0.05) is 12.2 Å². The maximum absolute atomic E-state index is 13.0. The van der Waals surface area contributed by atoms with Gasteiger partial charge in [-0.25, -0.2) is 9.78 Å². The van der Waals surface area contributed by atoms with Crippen LogP contribution in [0, 0.1) is 6.92 Å². The van der Waals surface area contributed by atoms with Crippen LogP contribution in [0.2, 0.25) is 0 Å². The molecule has 0 aliphatic heterocycles. The molecule has 0 unspecified atom stereocenters. The summed E-state index contributed by atoms with van der Waals surface area (Å²) < 4.78 is 8.72. The molecular weight excluding hydrogens is 430 g/mol. The monoisotopic (exact) mass is 455 g/mol. The summed E-state index contributed by atoms with van der Waals surface area (Å²) >= 11 is 0. The number of fused-ring (bicyclic) bond motifs is 1. The Labute approximate surface area is 189 Å². The number of nitrogens with two attached hydrogens (primary N) is 1. The average Bonchev–Trinajstić information content (AvgIpc) is 3.32.